The maximum Gasteiger partial charge on any atom is 0.253 e. The van der Waals surface area contributed by atoms with Crippen LogP contribution in [-0.2, 0) is 0 Å². The summed E-state index contributed by atoms with van der Waals surface area (Å²) in [4.78, 5) is 20.7. The molecule has 0 spiro atoms. The molecule has 160 valence electrons. The van der Waals surface area contributed by atoms with Crippen LogP contribution in [0.4, 0.5) is 0 Å². The molecule has 1 aromatic heterocycles. The first-order chi connectivity index (χ1) is 15.1. The summed E-state index contributed by atoms with van der Waals surface area (Å²) in [6, 6.07) is 21.3. The first kappa shape index (κ1) is 21.3. The number of benzene rings is 2. The van der Waals surface area contributed by atoms with Gasteiger partial charge in [-0.1, -0.05) is 54.1 Å². The van der Waals surface area contributed by atoms with E-state index in [1.54, 1.807) is 24.5 Å². The highest BCUT2D eigenvalue weighted by molar-refractivity contribution is 5.93. The number of rotatable bonds is 8. The molecule has 0 unspecified atom stereocenters. The van der Waals surface area contributed by atoms with Gasteiger partial charge in [0, 0.05) is 50.6 Å². The summed E-state index contributed by atoms with van der Waals surface area (Å²) in [7, 11) is 1.88. The molecule has 2 heterocycles. The van der Waals surface area contributed by atoms with Crippen molar-refractivity contribution in [3.8, 4) is 11.1 Å². The maximum absolute atomic E-state index is 12.4. The van der Waals surface area contributed by atoms with E-state index in [-0.39, 0.29) is 5.91 Å². The van der Waals surface area contributed by atoms with Crippen LogP contribution in [0.5, 0.6) is 0 Å². The molecule has 0 radical (unpaired) electrons. The van der Waals surface area contributed by atoms with Gasteiger partial charge >= 0.3 is 0 Å². The van der Waals surface area contributed by atoms with Crippen LogP contribution in [0.2, 0.25) is 0 Å². The quantitative estimate of drug-likeness (QED) is 0.487. The molecule has 0 N–H and O–H groups in total. The summed E-state index contributed by atoms with van der Waals surface area (Å²) in [6.07, 6.45) is 5.47. The predicted octanol–water partition coefficient (Wildman–Crippen LogP) is 5.01. The van der Waals surface area contributed by atoms with E-state index in [9.17, 15) is 4.79 Å². The molecular formula is C27H31N3O. The van der Waals surface area contributed by atoms with Crippen LogP contribution in [0.25, 0.3) is 11.1 Å². The van der Waals surface area contributed by atoms with Crippen LogP contribution in [0, 0.1) is 6.92 Å². The highest BCUT2D eigenvalue weighted by Crippen LogP contribution is 2.29. The second kappa shape index (κ2) is 9.88. The Bertz CT molecular complexity index is 995. The van der Waals surface area contributed by atoms with Crippen molar-refractivity contribution < 1.29 is 4.79 Å². The van der Waals surface area contributed by atoms with Crippen LogP contribution < -0.4 is 0 Å². The van der Waals surface area contributed by atoms with Crippen molar-refractivity contribution in [1.29, 1.82) is 0 Å². The molecule has 1 aliphatic rings. The molecule has 0 atom stereocenters. The normalized spacial score (nSPS) is 14.3. The number of hydrogen-bond donors (Lipinski definition) is 0. The Morgan fingerprint density at radius 3 is 2.45 bits per heavy atom. The summed E-state index contributed by atoms with van der Waals surface area (Å²) in [5.74, 6) is 0.711. The molecule has 1 aliphatic heterocycles. The summed E-state index contributed by atoms with van der Waals surface area (Å²) < 4.78 is 0. The van der Waals surface area contributed by atoms with Crippen molar-refractivity contribution in [3.05, 3.63) is 89.7 Å². The van der Waals surface area contributed by atoms with Gasteiger partial charge in [0.15, 0.2) is 0 Å². The average Bonchev–Trinajstić information content (AvgIpc) is 2.78. The number of amides is 1. The van der Waals surface area contributed by atoms with E-state index < -0.39 is 0 Å². The van der Waals surface area contributed by atoms with Gasteiger partial charge in [-0.15, -0.1) is 0 Å². The van der Waals surface area contributed by atoms with E-state index in [4.69, 9.17) is 0 Å². The first-order valence-electron chi connectivity index (χ1n) is 11.1. The second-order valence-electron chi connectivity index (χ2n) is 8.62. The number of aryl methyl sites for hydroxylation is 1. The minimum atomic E-state index is 0.0699. The number of nitrogens with zero attached hydrogens (tertiary/aromatic N) is 3. The molecule has 1 amide bonds. The van der Waals surface area contributed by atoms with E-state index in [0.29, 0.717) is 11.5 Å². The van der Waals surface area contributed by atoms with Gasteiger partial charge in [0.2, 0.25) is 0 Å². The Balaban J connectivity index is 1.17. The van der Waals surface area contributed by atoms with Crippen molar-refractivity contribution in [1.82, 2.24) is 14.8 Å². The average molecular weight is 414 g/mol. The zero-order valence-electron chi connectivity index (χ0n) is 18.5. The van der Waals surface area contributed by atoms with Gasteiger partial charge in [-0.05, 0) is 55.1 Å². The number of likely N-dealkylation sites (tertiary alicyclic amines) is 1. The molecule has 0 saturated carbocycles. The Hall–Kier alpha value is -2.98. The molecule has 4 rings (SSSR count). The smallest absolute Gasteiger partial charge is 0.253 e. The van der Waals surface area contributed by atoms with Crippen LogP contribution >= 0.6 is 0 Å². The zero-order chi connectivity index (χ0) is 21.6. The molecule has 1 fully saturated rings. The molecule has 4 heteroatoms. The summed E-state index contributed by atoms with van der Waals surface area (Å²) >= 11 is 0. The maximum atomic E-state index is 12.4. The summed E-state index contributed by atoms with van der Waals surface area (Å²) in [5.41, 5.74) is 6.01. The fourth-order valence-corrected chi connectivity index (χ4v) is 4.24. The Morgan fingerprint density at radius 1 is 1.00 bits per heavy atom. The Kier molecular flexibility index (Phi) is 6.78. The largest absolute Gasteiger partial charge is 0.342 e. The van der Waals surface area contributed by atoms with E-state index in [2.05, 4.69) is 65.3 Å². The predicted molar refractivity (Wildman–Crippen MR) is 126 cm³/mol. The van der Waals surface area contributed by atoms with Crippen LogP contribution in [0.1, 0.15) is 40.2 Å². The van der Waals surface area contributed by atoms with Gasteiger partial charge < -0.3 is 9.80 Å². The molecule has 4 nitrogen and oxygen atoms in total. The van der Waals surface area contributed by atoms with Crippen molar-refractivity contribution >= 4 is 5.91 Å². The second-order valence-corrected chi connectivity index (χ2v) is 8.62. The number of carbonyl (C=O) groups excluding carboxylic acids is 1. The number of unbranched alkanes of at least 4 members (excludes halogenated alkanes) is 1. The zero-order valence-corrected chi connectivity index (χ0v) is 18.5. The molecule has 3 aromatic rings. The SMILES string of the molecule is Cc1cccc(-c2ccc(C3CN(CCCCN(C)C(=O)c4ccncc4)C3)cc2)c1. The van der Waals surface area contributed by atoms with E-state index >= 15 is 0 Å². The fourth-order valence-electron chi connectivity index (χ4n) is 4.24. The van der Waals surface area contributed by atoms with Crippen molar-refractivity contribution in [2.45, 2.75) is 25.7 Å². The lowest BCUT2D eigenvalue weighted by Crippen LogP contribution is -2.45. The summed E-state index contributed by atoms with van der Waals surface area (Å²) in [5, 5.41) is 0. The monoisotopic (exact) mass is 413 g/mol. The van der Waals surface area contributed by atoms with Crippen molar-refractivity contribution in [3.63, 3.8) is 0 Å². The third-order valence-electron chi connectivity index (χ3n) is 6.18. The first-order valence-corrected chi connectivity index (χ1v) is 11.1. The van der Waals surface area contributed by atoms with Gasteiger partial charge in [-0.25, -0.2) is 0 Å². The Morgan fingerprint density at radius 2 is 1.74 bits per heavy atom. The molecule has 0 aliphatic carbocycles. The molecule has 1 saturated heterocycles. The topological polar surface area (TPSA) is 36.4 Å². The molecule has 31 heavy (non-hydrogen) atoms. The highest BCUT2D eigenvalue weighted by atomic mass is 16.2. The third kappa shape index (κ3) is 5.39. The minimum Gasteiger partial charge on any atom is -0.342 e. The van der Waals surface area contributed by atoms with Gasteiger partial charge in [0.1, 0.15) is 0 Å². The number of pyridine rings is 1. The standard InChI is InChI=1S/C27H31N3O/c1-21-6-5-7-25(18-21)22-8-10-23(11-9-22)26-19-30(20-26)17-4-3-16-29(2)27(31)24-12-14-28-15-13-24/h5-15,18,26H,3-4,16-17,19-20H2,1-2H3. The molecular weight excluding hydrogens is 382 g/mol. The third-order valence-corrected chi connectivity index (χ3v) is 6.18. The van der Waals surface area contributed by atoms with E-state index in [1.807, 2.05) is 11.9 Å². The van der Waals surface area contributed by atoms with Crippen LogP contribution in [0.15, 0.2) is 73.1 Å². The molecule has 0 bridgehead atoms. The number of hydrogen-bond acceptors (Lipinski definition) is 3. The van der Waals surface area contributed by atoms with E-state index in [0.717, 1.165) is 39.0 Å². The lowest BCUT2D eigenvalue weighted by molar-refractivity contribution is 0.0788. The number of aromatic nitrogens is 1. The highest BCUT2D eigenvalue weighted by Gasteiger charge is 2.27. The lowest BCUT2D eigenvalue weighted by atomic mass is 9.90. The van der Waals surface area contributed by atoms with Gasteiger partial charge in [0.05, 0.1) is 0 Å². The van der Waals surface area contributed by atoms with Crippen molar-refractivity contribution in [2.75, 3.05) is 33.2 Å². The van der Waals surface area contributed by atoms with Crippen molar-refractivity contribution in [2.24, 2.45) is 0 Å². The van der Waals surface area contributed by atoms with Crippen LogP contribution in [-0.4, -0.2) is 53.9 Å². The molecule has 2 aromatic carbocycles. The minimum absolute atomic E-state index is 0.0699. The summed E-state index contributed by atoms with van der Waals surface area (Å²) in [6.45, 7) is 6.30. The van der Waals surface area contributed by atoms with E-state index in [1.165, 1.54) is 22.3 Å². The van der Waals surface area contributed by atoms with Crippen LogP contribution in [0.3, 0.4) is 0 Å². The number of carbonyl (C=O) groups is 1. The van der Waals surface area contributed by atoms with Gasteiger partial charge in [0.25, 0.3) is 5.91 Å². The van der Waals surface area contributed by atoms with Gasteiger partial charge in [-0.3, -0.25) is 9.78 Å². The lowest BCUT2D eigenvalue weighted by Gasteiger charge is -2.39. The Labute approximate surface area is 185 Å². The van der Waals surface area contributed by atoms with Gasteiger partial charge in [-0.2, -0.15) is 0 Å². The fraction of sp³-hybridized carbons (Fsp3) is 0.333.